The Morgan fingerprint density at radius 1 is 1.06 bits per heavy atom. The third kappa shape index (κ3) is 4.49. The molecule has 1 aromatic heterocycles. The lowest BCUT2D eigenvalue weighted by atomic mass is 10.0. The van der Waals surface area contributed by atoms with E-state index in [0.717, 1.165) is 23.3 Å². The molecule has 0 unspecified atom stereocenters. The summed E-state index contributed by atoms with van der Waals surface area (Å²) in [4.78, 5) is 37.1. The zero-order chi connectivity index (χ0) is 23.5. The average Bonchev–Trinajstić information content (AvgIpc) is 3.49. The Hall–Kier alpha value is -4.17. The van der Waals surface area contributed by atoms with Gasteiger partial charge in [0.2, 0.25) is 5.95 Å². The lowest BCUT2D eigenvalue weighted by Gasteiger charge is -2.02. The first-order valence-electron chi connectivity index (χ1n) is 10.7. The molecule has 1 aliphatic rings. The number of thiol groups is 1. The van der Waals surface area contributed by atoms with Crippen LogP contribution in [0.1, 0.15) is 27.0 Å². The molecule has 1 amide bonds. The highest BCUT2D eigenvalue weighted by Crippen LogP contribution is 2.25. The molecule has 3 aromatic carbocycles. The van der Waals surface area contributed by atoms with Gasteiger partial charge in [0.1, 0.15) is 11.4 Å². The average molecular weight is 469 g/mol. The number of fused-ring (bicyclic) bond motifs is 2. The Bertz CT molecular complexity index is 1460. The lowest BCUT2D eigenvalue weighted by Crippen LogP contribution is -2.14. The number of nitrogens with zero attached hydrogens (tertiary/aromatic N) is 2. The number of carbonyl (C=O) groups excluding carboxylic acids is 2. The molecule has 168 valence electrons. The highest BCUT2D eigenvalue weighted by atomic mass is 32.1. The van der Waals surface area contributed by atoms with Crippen molar-refractivity contribution in [3.8, 4) is 5.75 Å². The molecule has 0 spiro atoms. The molecule has 0 saturated heterocycles. The van der Waals surface area contributed by atoms with Gasteiger partial charge in [-0.2, -0.15) is 0 Å². The van der Waals surface area contributed by atoms with Crippen molar-refractivity contribution in [1.29, 1.82) is 0 Å². The third-order valence-electron chi connectivity index (χ3n) is 5.43. The van der Waals surface area contributed by atoms with E-state index in [1.807, 2.05) is 36.4 Å². The van der Waals surface area contributed by atoms with Crippen LogP contribution in [0.2, 0.25) is 0 Å². The molecule has 0 bridgehead atoms. The van der Waals surface area contributed by atoms with E-state index in [0.29, 0.717) is 28.8 Å². The standard InChI is InChI=1S/C26H20N4O3S/c31-24(17-4-2-1-3-5-17)19-7-8-20-21(13-19)29-26(28-20)30-25(32)22(15-34)27-14-16-6-9-23-18(12-16)10-11-33-23/h1-9,12-15,34H,10-11H2,(H2,28,29,30,32)/b22-15-,27-14?. The van der Waals surface area contributed by atoms with Crippen molar-refractivity contribution in [3.05, 3.63) is 100 Å². The Morgan fingerprint density at radius 3 is 2.74 bits per heavy atom. The van der Waals surface area contributed by atoms with Crippen molar-refractivity contribution in [2.75, 3.05) is 11.9 Å². The maximum atomic E-state index is 12.7. The molecule has 0 saturated carbocycles. The van der Waals surface area contributed by atoms with E-state index in [2.05, 4.69) is 32.9 Å². The van der Waals surface area contributed by atoms with Gasteiger partial charge in [0.25, 0.3) is 5.91 Å². The van der Waals surface area contributed by atoms with E-state index in [-0.39, 0.29) is 17.4 Å². The fraction of sp³-hybridized carbons (Fsp3) is 0.0769. The van der Waals surface area contributed by atoms with E-state index < -0.39 is 5.91 Å². The lowest BCUT2D eigenvalue weighted by molar-refractivity contribution is -0.112. The van der Waals surface area contributed by atoms with E-state index in [9.17, 15) is 9.59 Å². The van der Waals surface area contributed by atoms with Crippen molar-refractivity contribution < 1.29 is 14.3 Å². The molecule has 2 heterocycles. The van der Waals surface area contributed by atoms with Gasteiger partial charge in [-0.3, -0.25) is 14.9 Å². The van der Waals surface area contributed by atoms with Gasteiger partial charge in [-0.25, -0.2) is 9.98 Å². The summed E-state index contributed by atoms with van der Waals surface area (Å²) in [6.07, 6.45) is 2.47. The predicted octanol–water partition coefficient (Wildman–Crippen LogP) is 4.56. The van der Waals surface area contributed by atoms with Crippen LogP contribution < -0.4 is 10.1 Å². The van der Waals surface area contributed by atoms with Gasteiger partial charge in [-0.05, 0) is 52.9 Å². The normalized spacial score (nSPS) is 13.1. The molecule has 8 heteroatoms. The van der Waals surface area contributed by atoms with Crippen molar-refractivity contribution in [3.63, 3.8) is 0 Å². The number of aromatic nitrogens is 2. The van der Waals surface area contributed by atoms with Gasteiger partial charge in [0.05, 0.1) is 17.6 Å². The Labute approximate surface area is 201 Å². The fourth-order valence-electron chi connectivity index (χ4n) is 3.72. The summed E-state index contributed by atoms with van der Waals surface area (Å²) in [7, 11) is 0. The van der Waals surface area contributed by atoms with Crippen molar-refractivity contribution >= 4 is 47.5 Å². The Morgan fingerprint density at radius 2 is 1.91 bits per heavy atom. The van der Waals surface area contributed by atoms with Crippen LogP contribution >= 0.6 is 12.6 Å². The maximum Gasteiger partial charge on any atom is 0.277 e. The van der Waals surface area contributed by atoms with Gasteiger partial charge in [0, 0.05) is 23.8 Å². The minimum atomic E-state index is -0.463. The summed E-state index contributed by atoms with van der Waals surface area (Å²) in [6, 6.07) is 20.0. The Balaban J connectivity index is 1.30. The summed E-state index contributed by atoms with van der Waals surface area (Å²) in [6.45, 7) is 0.680. The number of ketones is 1. The van der Waals surface area contributed by atoms with E-state index in [1.54, 1.807) is 36.5 Å². The van der Waals surface area contributed by atoms with E-state index in [4.69, 9.17) is 4.74 Å². The number of aliphatic imine (C=N–C) groups is 1. The molecule has 0 aliphatic carbocycles. The van der Waals surface area contributed by atoms with Gasteiger partial charge < -0.3 is 9.72 Å². The number of H-pyrrole nitrogens is 1. The summed E-state index contributed by atoms with van der Waals surface area (Å²) < 4.78 is 5.51. The first-order valence-corrected chi connectivity index (χ1v) is 11.2. The summed E-state index contributed by atoms with van der Waals surface area (Å²) in [5.41, 5.74) is 4.51. The topological polar surface area (TPSA) is 96.4 Å². The van der Waals surface area contributed by atoms with Crippen LogP contribution in [0.4, 0.5) is 5.95 Å². The molecule has 5 rings (SSSR count). The number of nitrogens with one attached hydrogen (secondary N) is 2. The first kappa shape index (κ1) is 21.7. The minimum Gasteiger partial charge on any atom is -0.493 e. The molecule has 34 heavy (non-hydrogen) atoms. The molecule has 0 atom stereocenters. The molecule has 7 nitrogen and oxygen atoms in total. The zero-order valence-electron chi connectivity index (χ0n) is 18.0. The van der Waals surface area contributed by atoms with Crippen molar-refractivity contribution in [2.24, 2.45) is 4.99 Å². The number of aromatic amines is 1. The molecular formula is C26H20N4O3S. The summed E-state index contributed by atoms with van der Waals surface area (Å²) in [5, 5.41) is 4.03. The zero-order valence-corrected chi connectivity index (χ0v) is 18.9. The number of anilines is 1. The largest absolute Gasteiger partial charge is 0.493 e. The van der Waals surface area contributed by atoms with E-state index >= 15 is 0 Å². The number of carbonyl (C=O) groups is 2. The number of hydrogen-bond acceptors (Lipinski definition) is 6. The molecule has 2 N–H and O–H groups in total. The number of hydrogen-bond donors (Lipinski definition) is 3. The van der Waals surface area contributed by atoms with Crippen LogP contribution in [0.25, 0.3) is 11.0 Å². The fourth-order valence-corrected chi connectivity index (χ4v) is 3.90. The number of amides is 1. The number of imidazole rings is 1. The second-order valence-electron chi connectivity index (χ2n) is 7.70. The van der Waals surface area contributed by atoms with Crippen LogP contribution in [0, 0.1) is 0 Å². The van der Waals surface area contributed by atoms with Crippen molar-refractivity contribution in [2.45, 2.75) is 6.42 Å². The third-order valence-corrected chi connectivity index (χ3v) is 5.68. The van der Waals surface area contributed by atoms with Crippen molar-refractivity contribution in [1.82, 2.24) is 9.97 Å². The van der Waals surface area contributed by atoms with Gasteiger partial charge in [0.15, 0.2) is 5.78 Å². The summed E-state index contributed by atoms with van der Waals surface area (Å²) >= 11 is 4.13. The minimum absolute atomic E-state index is 0.0876. The smallest absolute Gasteiger partial charge is 0.277 e. The van der Waals surface area contributed by atoms with Crippen LogP contribution in [0.3, 0.4) is 0 Å². The van der Waals surface area contributed by atoms with Crippen LogP contribution in [-0.2, 0) is 11.2 Å². The van der Waals surface area contributed by atoms with Crippen LogP contribution in [0.5, 0.6) is 5.75 Å². The van der Waals surface area contributed by atoms with Crippen LogP contribution in [-0.4, -0.2) is 34.5 Å². The highest BCUT2D eigenvalue weighted by Gasteiger charge is 2.15. The van der Waals surface area contributed by atoms with Gasteiger partial charge >= 0.3 is 0 Å². The molecular weight excluding hydrogens is 448 g/mol. The number of ether oxygens (including phenoxy) is 1. The quantitative estimate of drug-likeness (QED) is 0.167. The van der Waals surface area contributed by atoms with Gasteiger partial charge in [-0.15, -0.1) is 12.6 Å². The Kier molecular flexibility index (Phi) is 5.97. The second kappa shape index (κ2) is 9.36. The molecule has 0 fully saturated rings. The molecule has 0 radical (unpaired) electrons. The highest BCUT2D eigenvalue weighted by molar-refractivity contribution is 7.83. The SMILES string of the molecule is O=C(Nc1nc2ccc(C(=O)c3ccccc3)cc2[nH]1)/C(=C/S)N=Cc1ccc2c(c1)CCO2. The number of benzene rings is 3. The second-order valence-corrected chi connectivity index (χ2v) is 7.96. The van der Waals surface area contributed by atoms with E-state index in [1.165, 1.54) is 5.41 Å². The monoisotopic (exact) mass is 468 g/mol. The number of rotatable bonds is 6. The van der Waals surface area contributed by atoms with Crippen LogP contribution in [0.15, 0.2) is 82.8 Å². The molecule has 1 aliphatic heterocycles. The molecule has 4 aromatic rings. The summed E-state index contributed by atoms with van der Waals surface area (Å²) in [5.74, 6) is 0.589. The maximum absolute atomic E-state index is 12.7. The predicted molar refractivity (Wildman–Crippen MR) is 135 cm³/mol. The first-order chi connectivity index (χ1) is 16.6. The van der Waals surface area contributed by atoms with Gasteiger partial charge in [-0.1, -0.05) is 30.3 Å².